The van der Waals surface area contributed by atoms with Crippen LogP contribution in [0.1, 0.15) is 85.2 Å². The predicted molar refractivity (Wildman–Crippen MR) is 86.6 cm³/mol. The van der Waals surface area contributed by atoms with E-state index in [1.807, 2.05) is 0 Å². The standard InChI is InChI=1S/C17H23N5O2/c1-2-14-13(9-19-22(14)12-5-3-4-6-12)16(23)18-10-15-20-17(24-21-15)11-7-8-11/h9,11-12H,2-8,10H2,1H3,(H,18,23). The molecule has 2 aromatic heterocycles. The first-order valence-electron chi connectivity index (χ1n) is 8.93. The minimum absolute atomic E-state index is 0.117. The van der Waals surface area contributed by atoms with E-state index in [9.17, 15) is 4.79 Å². The first-order chi connectivity index (χ1) is 11.8. The average molecular weight is 329 g/mol. The first kappa shape index (κ1) is 15.4. The molecule has 0 radical (unpaired) electrons. The van der Waals surface area contributed by atoms with Crippen molar-refractivity contribution in [1.82, 2.24) is 25.2 Å². The smallest absolute Gasteiger partial charge is 0.255 e. The summed E-state index contributed by atoms with van der Waals surface area (Å²) in [5.74, 6) is 1.54. The Labute approximate surface area is 140 Å². The number of nitrogens with zero attached hydrogens (tertiary/aromatic N) is 4. The van der Waals surface area contributed by atoms with Crippen LogP contribution >= 0.6 is 0 Å². The Bertz CT molecular complexity index is 725. The van der Waals surface area contributed by atoms with E-state index in [1.165, 1.54) is 12.8 Å². The molecule has 1 amide bonds. The summed E-state index contributed by atoms with van der Waals surface area (Å²) in [6.45, 7) is 2.35. The third kappa shape index (κ3) is 2.95. The number of amides is 1. The van der Waals surface area contributed by atoms with Gasteiger partial charge in [0.05, 0.1) is 30.0 Å². The van der Waals surface area contributed by atoms with E-state index in [0.717, 1.165) is 37.8 Å². The molecule has 0 spiro atoms. The van der Waals surface area contributed by atoms with Crippen LogP contribution in [-0.2, 0) is 13.0 Å². The van der Waals surface area contributed by atoms with Crippen LogP contribution in [-0.4, -0.2) is 25.8 Å². The lowest BCUT2D eigenvalue weighted by atomic mass is 10.1. The number of hydrogen-bond acceptors (Lipinski definition) is 5. The molecule has 2 fully saturated rings. The van der Waals surface area contributed by atoms with Gasteiger partial charge < -0.3 is 9.84 Å². The first-order valence-corrected chi connectivity index (χ1v) is 8.93. The van der Waals surface area contributed by atoms with Crippen LogP contribution in [0.15, 0.2) is 10.7 Å². The summed E-state index contributed by atoms with van der Waals surface area (Å²) in [6, 6.07) is 0.444. The maximum atomic E-state index is 12.5. The molecule has 4 rings (SSSR count). The molecular weight excluding hydrogens is 306 g/mol. The van der Waals surface area contributed by atoms with Gasteiger partial charge in [0, 0.05) is 5.92 Å². The highest BCUT2D eigenvalue weighted by Crippen LogP contribution is 2.38. The van der Waals surface area contributed by atoms with Crippen molar-refractivity contribution in [1.29, 1.82) is 0 Å². The van der Waals surface area contributed by atoms with Gasteiger partial charge >= 0.3 is 0 Å². The maximum absolute atomic E-state index is 12.5. The van der Waals surface area contributed by atoms with Crippen molar-refractivity contribution in [2.75, 3.05) is 0 Å². The highest BCUT2D eigenvalue weighted by Gasteiger charge is 2.29. The van der Waals surface area contributed by atoms with Crippen LogP contribution in [0.2, 0.25) is 0 Å². The fourth-order valence-electron chi connectivity index (χ4n) is 3.48. The zero-order valence-corrected chi connectivity index (χ0v) is 14.0. The molecule has 1 N–H and O–H groups in total. The van der Waals surface area contributed by atoms with Crippen LogP contribution < -0.4 is 5.32 Å². The molecule has 2 aliphatic rings. The molecule has 2 aromatic rings. The minimum atomic E-state index is -0.117. The van der Waals surface area contributed by atoms with Gasteiger partial charge in [-0.1, -0.05) is 24.9 Å². The van der Waals surface area contributed by atoms with Crippen molar-refractivity contribution in [3.63, 3.8) is 0 Å². The largest absolute Gasteiger partial charge is 0.344 e. The number of rotatable bonds is 6. The Hall–Kier alpha value is -2.18. The lowest BCUT2D eigenvalue weighted by molar-refractivity contribution is 0.0948. The third-order valence-electron chi connectivity index (χ3n) is 4.97. The summed E-state index contributed by atoms with van der Waals surface area (Å²) < 4.78 is 7.27. The lowest BCUT2D eigenvalue weighted by Gasteiger charge is -2.14. The monoisotopic (exact) mass is 329 g/mol. The van der Waals surface area contributed by atoms with Crippen LogP contribution in [0, 0.1) is 0 Å². The van der Waals surface area contributed by atoms with E-state index in [4.69, 9.17) is 4.52 Å². The van der Waals surface area contributed by atoms with Gasteiger partial charge in [-0.3, -0.25) is 9.48 Å². The third-order valence-corrected chi connectivity index (χ3v) is 4.97. The molecule has 0 saturated heterocycles. The van der Waals surface area contributed by atoms with Gasteiger partial charge in [0.1, 0.15) is 0 Å². The molecule has 128 valence electrons. The molecule has 0 unspecified atom stereocenters. The van der Waals surface area contributed by atoms with Gasteiger partial charge in [0.15, 0.2) is 5.82 Å². The second-order valence-corrected chi connectivity index (χ2v) is 6.75. The number of hydrogen-bond donors (Lipinski definition) is 1. The highest BCUT2D eigenvalue weighted by molar-refractivity contribution is 5.95. The molecule has 7 heteroatoms. The van der Waals surface area contributed by atoms with E-state index in [1.54, 1.807) is 6.20 Å². The van der Waals surface area contributed by atoms with Crippen LogP contribution in [0.3, 0.4) is 0 Å². The minimum Gasteiger partial charge on any atom is -0.344 e. The summed E-state index contributed by atoms with van der Waals surface area (Å²) in [7, 11) is 0. The molecular formula is C17H23N5O2. The van der Waals surface area contributed by atoms with E-state index < -0.39 is 0 Å². The van der Waals surface area contributed by atoms with Crippen molar-refractivity contribution >= 4 is 5.91 Å². The second kappa shape index (κ2) is 6.37. The van der Waals surface area contributed by atoms with Crippen LogP contribution in [0.4, 0.5) is 0 Å². The fraction of sp³-hybridized carbons (Fsp3) is 0.647. The zero-order chi connectivity index (χ0) is 16.5. The van der Waals surface area contributed by atoms with Gasteiger partial charge in [0.25, 0.3) is 5.91 Å². The van der Waals surface area contributed by atoms with Crippen molar-refractivity contribution in [3.05, 3.63) is 29.2 Å². The molecule has 2 heterocycles. The van der Waals surface area contributed by atoms with Crippen molar-refractivity contribution in [2.45, 2.75) is 70.4 Å². The van der Waals surface area contributed by atoms with E-state index in [-0.39, 0.29) is 12.5 Å². The van der Waals surface area contributed by atoms with Crippen LogP contribution in [0.5, 0.6) is 0 Å². The number of nitrogens with one attached hydrogen (secondary N) is 1. The maximum Gasteiger partial charge on any atom is 0.255 e. The summed E-state index contributed by atoms with van der Waals surface area (Å²) in [4.78, 5) is 16.9. The Morgan fingerprint density at radius 1 is 1.33 bits per heavy atom. The number of aromatic nitrogens is 4. The van der Waals surface area contributed by atoms with E-state index in [2.05, 4.69) is 32.2 Å². The lowest BCUT2D eigenvalue weighted by Crippen LogP contribution is -2.24. The van der Waals surface area contributed by atoms with Gasteiger partial charge in [-0.15, -0.1) is 0 Å². The fourth-order valence-corrected chi connectivity index (χ4v) is 3.48. The van der Waals surface area contributed by atoms with Gasteiger partial charge in [-0.2, -0.15) is 10.1 Å². The quantitative estimate of drug-likeness (QED) is 0.880. The zero-order valence-electron chi connectivity index (χ0n) is 14.0. The SMILES string of the molecule is CCc1c(C(=O)NCc2noc(C3CC3)n2)cnn1C1CCCC1. The summed E-state index contributed by atoms with van der Waals surface area (Å²) in [5, 5.41) is 11.3. The molecule has 7 nitrogen and oxygen atoms in total. The molecule has 0 aliphatic heterocycles. The Balaban J connectivity index is 1.43. The molecule has 0 atom stereocenters. The van der Waals surface area contributed by atoms with Crippen molar-refractivity contribution in [3.8, 4) is 0 Å². The molecule has 0 bridgehead atoms. The van der Waals surface area contributed by atoms with Gasteiger partial charge in [-0.25, -0.2) is 0 Å². The second-order valence-electron chi connectivity index (χ2n) is 6.75. The summed E-state index contributed by atoms with van der Waals surface area (Å²) in [5.41, 5.74) is 1.68. The van der Waals surface area contributed by atoms with Crippen LogP contribution in [0.25, 0.3) is 0 Å². The summed E-state index contributed by atoms with van der Waals surface area (Å²) >= 11 is 0. The predicted octanol–water partition coefficient (Wildman–Crippen LogP) is 2.75. The highest BCUT2D eigenvalue weighted by atomic mass is 16.5. The van der Waals surface area contributed by atoms with Gasteiger partial charge in [-0.05, 0) is 32.1 Å². The molecule has 0 aromatic carbocycles. The normalized spacial score (nSPS) is 18.2. The van der Waals surface area contributed by atoms with E-state index >= 15 is 0 Å². The van der Waals surface area contributed by atoms with Crippen molar-refractivity contribution in [2.24, 2.45) is 0 Å². The van der Waals surface area contributed by atoms with Crippen molar-refractivity contribution < 1.29 is 9.32 Å². The topological polar surface area (TPSA) is 85.8 Å². The molecule has 2 aliphatic carbocycles. The molecule has 24 heavy (non-hydrogen) atoms. The van der Waals surface area contributed by atoms with E-state index in [0.29, 0.717) is 29.2 Å². The number of carbonyl (C=O) groups excluding carboxylic acids is 1. The van der Waals surface area contributed by atoms with Gasteiger partial charge in [0.2, 0.25) is 5.89 Å². The Morgan fingerprint density at radius 2 is 2.12 bits per heavy atom. The number of carbonyl (C=O) groups is 1. The Kier molecular flexibility index (Phi) is 4.08. The average Bonchev–Trinajstić information content (AvgIpc) is 3.04. The molecule has 2 saturated carbocycles. The Morgan fingerprint density at radius 3 is 2.83 bits per heavy atom. The summed E-state index contributed by atoms with van der Waals surface area (Å²) in [6.07, 6.45) is 9.53.